The van der Waals surface area contributed by atoms with Crippen molar-refractivity contribution in [1.82, 2.24) is 9.88 Å². The van der Waals surface area contributed by atoms with E-state index in [2.05, 4.69) is 22.0 Å². The van der Waals surface area contributed by atoms with Gasteiger partial charge in [0, 0.05) is 17.5 Å². The van der Waals surface area contributed by atoms with Gasteiger partial charge in [0.2, 0.25) is 10.0 Å². The third-order valence-corrected chi connectivity index (χ3v) is 5.70. The summed E-state index contributed by atoms with van der Waals surface area (Å²) in [5, 5.41) is 3.90. The Morgan fingerprint density at radius 2 is 1.96 bits per heavy atom. The molecule has 0 spiro atoms. The maximum absolute atomic E-state index is 12.4. The highest BCUT2D eigenvalue weighted by molar-refractivity contribution is 7.88. The molecule has 1 aromatic heterocycles. The van der Waals surface area contributed by atoms with Crippen LogP contribution < -0.4 is 4.72 Å². The van der Waals surface area contributed by atoms with E-state index in [0.29, 0.717) is 11.5 Å². The predicted octanol–water partition coefficient (Wildman–Crippen LogP) is 2.95. The molecule has 0 amide bonds. The van der Waals surface area contributed by atoms with Crippen molar-refractivity contribution in [3.63, 3.8) is 0 Å². The Morgan fingerprint density at radius 3 is 2.62 bits per heavy atom. The summed E-state index contributed by atoms with van der Waals surface area (Å²) in [4.78, 5) is 0. The van der Waals surface area contributed by atoms with Gasteiger partial charge in [-0.1, -0.05) is 50.2 Å². The molecule has 0 saturated heterocycles. The largest absolute Gasteiger partial charge is 0.361 e. The number of nitrogens with one attached hydrogen (secondary N) is 1. The van der Waals surface area contributed by atoms with Gasteiger partial charge in [-0.05, 0) is 30.4 Å². The van der Waals surface area contributed by atoms with Gasteiger partial charge < -0.3 is 4.52 Å². The lowest BCUT2D eigenvalue weighted by Crippen LogP contribution is -2.39. The molecule has 0 radical (unpaired) electrons. The topological polar surface area (TPSA) is 72.2 Å². The molecule has 6 heteroatoms. The van der Waals surface area contributed by atoms with Crippen LogP contribution in [0.1, 0.15) is 49.8 Å². The quantitative estimate of drug-likeness (QED) is 0.922. The Kier molecular flexibility index (Phi) is 4.53. The SMILES string of the molecule is CC(C)(C)c1cc(CS(=O)(=O)N[C@H]2CCc3ccccc3C2)no1. The number of nitrogens with zero attached hydrogens (tertiary/aromatic N) is 1. The van der Waals surface area contributed by atoms with Crippen molar-refractivity contribution in [3.05, 3.63) is 52.9 Å². The lowest BCUT2D eigenvalue weighted by atomic mass is 9.89. The molecule has 0 fully saturated rings. The molecule has 1 N–H and O–H groups in total. The van der Waals surface area contributed by atoms with Crippen molar-refractivity contribution in [2.45, 2.75) is 57.2 Å². The third-order valence-electron chi connectivity index (χ3n) is 4.33. The van der Waals surface area contributed by atoms with Crippen molar-refractivity contribution in [2.24, 2.45) is 0 Å². The first-order valence-electron chi connectivity index (χ1n) is 8.26. The molecule has 1 atom stereocenters. The van der Waals surface area contributed by atoms with Crippen LogP contribution in [0.2, 0.25) is 0 Å². The van der Waals surface area contributed by atoms with Crippen LogP contribution >= 0.6 is 0 Å². The van der Waals surface area contributed by atoms with Crippen LogP contribution in [0.3, 0.4) is 0 Å². The summed E-state index contributed by atoms with van der Waals surface area (Å²) in [5.41, 5.74) is 2.81. The van der Waals surface area contributed by atoms with Crippen molar-refractivity contribution < 1.29 is 12.9 Å². The molecule has 2 aromatic rings. The summed E-state index contributed by atoms with van der Waals surface area (Å²) in [6.45, 7) is 6.01. The highest BCUT2D eigenvalue weighted by Gasteiger charge is 2.25. The lowest BCUT2D eigenvalue weighted by Gasteiger charge is -2.25. The van der Waals surface area contributed by atoms with Crippen LogP contribution in [0.15, 0.2) is 34.9 Å². The van der Waals surface area contributed by atoms with Crippen molar-refractivity contribution in [1.29, 1.82) is 0 Å². The summed E-state index contributed by atoms with van der Waals surface area (Å²) < 4.78 is 33.0. The smallest absolute Gasteiger partial charge is 0.217 e. The van der Waals surface area contributed by atoms with E-state index >= 15 is 0 Å². The number of hydrogen-bond acceptors (Lipinski definition) is 4. The second-order valence-electron chi connectivity index (χ2n) is 7.52. The minimum absolute atomic E-state index is 0.0566. The van der Waals surface area contributed by atoms with E-state index in [1.165, 1.54) is 11.1 Å². The lowest BCUT2D eigenvalue weighted by molar-refractivity contribution is 0.326. The molecule has 0 aliphatic heterocycles. The number of fused-ring (bicyclic) bond motifs is 1. The Hall–Kier alpha value is -1.66. The Labute approximate surface area is 143 Å². The molecule has 24 heavy (non-hydrogen) atoms. The van der Waals surface area contributed by atoms with Gasteiger partial charge in [0.25, 0.3) is 0 Å². The third kappa shape index (κ3) is 4.05. The van der Waals surface area contributed by atoms with Crippen LogP contribution in [0.25, 0.3) is 0 Å². The number of aromatic nitrogens is 1. The zero-order valence-electron chi connectivity index (χ0n) is 14.4. The van der Waals surface area contributed by atoms with E-state index in [4.69, 9.17) is 4.52 Å². The highest BCUT2D eigenvalue weighted by Crippen LogP contribution is 2.24. The first kappa shape index (κ1) is 17.2. The standard InChI is InChI=1S/C18H24N2O3S/c1-18(2,3)17-11-16(19-23-17)12-24(21,22)20-15-9-8-13-6-4-5-7-14(13)10-15/h4-7,11,15,20H,8-10,12H2,1-3H3/t15-/m0/s1. The summed E-state index contributed by atoms with van der Waals surface area (Å²) in [6, 6.07) is 9.89. The summed E-state index contributed by atoms with van der Waals surface area (Å²) in [5.74, 6) is 0.546. The monoisotopic (exact) mass is 348 g/mol. The van der Waals surface area contributed by atoms with E-state index in [1.807, 2.05) is 32.9 Å². The zero-order chi connectivity index (χ0) is 17.4. The van der Waals surface area contributed by atoms with Crippen molar-refractivity contribution in [3.8, 4) is 0 Å². The highest BCUT2D eigenvalue weighted by atomic mass is 32.2. The average molecular weight is 348 g/mol. The van der Waals surface area contributed by atoms with E-state index in [1.54, 1.807) is 6.07 Å². The fourth-order valence-electron chi connectivity index (χ4n) is 3.02. The summed E-state index contributed by atoms with van der Waals surface area (Å²) in [7, 11) is -3.44. The van der Waals surface area contributed by atoms with Crippen LogP contribution in [0.5, 0.6) is 0 Å². The number of rotatable bonds is 4. The predicted molar refractivity (Wildman–Crippen MR) is 93.2 cm³/mol. The van der Waals surface area contributed by atoms with Crippen molar-refractivity contribution in [2.75, 3.05) is 0 Å². The fraction of sp³-hybridized carbons (Fsp3) is 0.500. The summed E-state index contributed by atoms with van der Waals surface area (Å²) >= 11 is 0. The maximum Gasteiger partial charge on any atom is 0.217 e. The van der Waals surface area contributed by atoms with Gasteiger partial charge >= 0.3 is 0 Å². The molecule has 1 aliphatic carbocycles. The number of sulfonamides is 1. The van der Waals surface area contributed by atoms with Crippen LogP contribution in [0, 0.1) is 0 Å². The molecular formula is C18H24N2O3S. The molecule has 5 nitrogen and oxygen atoms in total. The second-order valence-corrected chi connectivity index (χ2v) is 9.27. The molecule has 1 aromatic carbocycles. The number of benzene rings is 1. The minimum atomic E-state index is -3.44. The Morgan fingerprint density at radius 1 is 1.25 bits per heavy atom. The van der Waals surface area contributed by atoms with Crippen LogP contribution in [-0.4, -0.2) is 19.6 Å². The van der Waals surface area contributed by atoms with Gasteiger partial charge in [-0.25, -0.2) is 13.1 Å². The van der Waals surface area contributed by atoms with E-state index in [9.17, 15) is 8.42 Å². The fourth-order valence-corrected chi connectivity index (χ4v) is 4.34. The molecule has 3 rings (SSSR count). The number of aryl methyl sites for hydroxylation is 1. The van der Waals surface area contributed by atoms with E-state index < -0.39 is 10.0 Å². The Bertz CT molecular complexity index is 819. The van der Waals surface area contributed by atoms with Gasteiger partial charge in [0.15, 0.2) is 0 Å². The molecule has 130 valence electrons. The Balaban J connectivity index is 1.66. The normalized spacial score (nSPS) is 18.4. The average Bonchev–Trinajstić information content (AvgIpc) is 2.94. The molecule has 0 bridgehead atoms. The van der Waals surface area contributed by atoms with E-state index in [0.717, 1.165) is 19.3 Å². The van der Waals surface area contributed by atoms with Crippen molar-refractivity contribution >= 4 is 10.0 Å². The molecule has 0 unspecified atom stereocenters. The second kappa shape index (κ2) is 6.33. The maximum atomic E-state index is 12.4. The molecule has 1 heterocycles. The molecular weight excluding hydrogens is 324 g/mol. The minimum Gasteiger partial charge on any atom is -0.361 e. The van der Waals surface area contributed by atoms with Gasteiger partial charge in [-0.15, -0.1) is 0 Å². The van der Waals surface area contributed by atoms with Gasteiger partial charge in [-0.2, -0.15) is 0 Å². The first-order valence-corrected chi connectivity index (χ1v) is 9.91. The molecule has 0 saturated carbocycles. The van der Waals surface area contributed by atoms with Gasteiger partial charge in [0.1, 0.15) is 17.2 Å². The van der Waals surface area contributed by atoms with Gasteiger partial charge in [-0.3, -0.25) is 0 Å². The van der Waals surface area contributed by atoms with Gasteiger partial charge in [0.05, 0.1) is 0 Å². The number of hydrogen-bond donors (Lipinski definition) is 1. The molecule has 1 aliphatic rings. The van der Waals surface area contributed by atoms with Crippen LogP contribution in [0.4, 0.5) is 0 Å². The van der Waals surface area contributed by atoms with E-state index in [-0.39, 0.29) is 17.2 Å². The van der Waals surface area contributed by atoms with Crippen LogP contribution in [-0.2, 0) is 34.0 Å². The first-order chi connectivity index (χ1) is 11.2. The zero-order valence-corrected chi connectivity index (χ0v) is 15.2. The summed E-state index contributed by atoms with van der Waals surface area (Å²) in [6.07, 6.45) is 2.46.